The zero-order valence-corrected chi connectivity index (χ0v) is 13.9. The molecule has 0 fully saturated rings. The molecule has 23 heavy (non-hydrogen) atoms. The van der Waals surface area contributed by atoms with Crippen LogP contribution in [0, 0.1) is 0 Å². The second kappa shape index (κ2) is 5.83. The van der Waals surface area contributed by atoms with Crippen molar-refractivity contribution in [1.82, 2.24) is 15.2 Å². The summed E-state index contributed by atoms with van der Waals surface area (Å²) in [7, 11) is 0. The van der Waals surface area contributed by atoms with E-state index < -0.39 is 0 Å². The molecule has 0 aliphatic rings. The Kier molecular flexibility index (Phi) is 3.86. The van der Waals surface area contributed by atoms with E-state index in [-0.39, 0.29) is 5.41 Å². The minimum absolute atomic E-state index is 0.00520. The van der Waals surface area contributed by atoms with Gasteiger partial charge < -0.3 is 4.98 Å². The number of aromatic amines is 1. The number of aromatic nitrogens is 3. The number of anilines is 1. The summed E-state index contributed by atoms with van der Waals surface area (Å²) in [4.78, 5) is 3.25. The Labute approximate surface area is 135 Å². The first-order chi connectivity index (χ1) is 10.9. The molecule has 0 spiro atoms. The van der Waals surface area contributed by atoms with Crippen LogP contribution in [0.2, 0.25) is 0 Å². The molecular weight excluding hydrogens is 286 g/mol. The fourth-order valence-corrected chi connectivity index (χ4v) is 2.36. The molecule has 0 amide bonds. The first kappa shape index (κ1) is 15.2. The number of hydrazone groups is 1. The molecule has 5 heteroatoms. The molecule has 118 valence electrons. The molecule has 5 nitrogen and oxygen atoms in total. The van der Waals surface area contributed by atoms with Crippen molar-refractivity contribution in [2.24, 2.45) is 5.10 Å². The maximum Gasteiger partial charge on any atom is 0.168 e. The summed E-state index contributed by atoms with van der Waals surface area (Å²) in [5, 5.41) is 14.0. The summed E-state index contributed by atoms with van der Waals surface area (Å²) in [5.74, 6) is 0.636. The van der Waals surface area contributed by atoms with Gasteiger partial charge in [0.15, 0.2) is 5.82 Å². The highest BCUT2D eigenvalue weighted by Gasteiger charge is 2.15. The maximum absolute atomic E-state index is 4.42. The number of benzene rings is 1. The molecular formula is C18H21N5. The molecule has 0 atom stereocenters. The van der Waals surface area contributed by atoms with Gasteiger partial charge in [-0.15, -0.1) is 5.10 Å². The SMILES string of the molecule is C/C(=N\Nc1ccc(C(C)(C)C)nn1)c1c[nH]c2ccccc12. The van der Waals surface area contributed by atoms with Crippen molar-refractivity contribution in [3.8, 4) is 0 Å². The van der Waals surface area contributed by atoms with Gasteiger partial charge in [-0.25, -0.2) is 0 Å². The molecule has 0 aliphatic heterocycles. The number of nitrogens with zero attached hydrogens (tertiary/aromatic N) is 3. The third-order valence-electron chi connectivity index (χ3n) is 3.75. The topological polar surface area (TPSA) is 66.0 Å². The van der Waals surface area contributed by atoms with E-state index in [0.29, 0.717) is 5.82 Å². The lowest BCUT2D eigenvalue weighted by atomic mass is 9.92. The zero-order chi connectivity index (χ0) is 16.4. The molecule has 2 aromatic heterocycles. The van der Waals surface area contributed by atoms with Crippen LogP contribution in [0.1, 0.15) is 39.0 Å². The molecule has 0 saturated carbocycles. The van der Waals surface area contributed by atoms with Gasteiger partial charge in [-0.1, -0.05) is 39.0 Å². The number of hydrogen-bond acceptors (Lipinski definition) is 4. The van der Waals surface area contributed by atoms with Crippen molar-refractivity contribution >= 4 is 22.4 Å². The van der Waals surface area contributed by atoms with E-state index >= 15 is 0 Å². The third kappa shape index (κ3) is 3.23. The fourth-order valence-electron chi connectivity index (χ4n) is 2.36. The summed E-state index contributed by atoms with van der Waals surface area (Å²) >= 11 is 0. The van der Waals surface area contributed by atoms with E-state index in [0.717, 1.165) is 27.9 Å². The van der Waals surface area contributed by atoms with E-state index in [4.69, 9.17) is 0 Å². The quantitative estimate of drug-likeness (QED) is 0.565. The lowest BCUT2D eigenvalue weighted by molar-refractivity contribution is 0.559. The average Bonchev–Trinajstić information content (AvgIpc) is 2.96. The molecule has 0 bridgehead atoms. The van der Waals surface area contributed by atoms with Crippen molar-refractivity contribution in [1.29, 1.82) is 0 Å². The highest BCUT2D eigenvalue weighted by atomic mass is 15.3. The van der Waals surface area contributed by atoms with Gasteiger partial charge in [0.2, 0.25) is 0 Å². The monoisotopic (exact) mass is 307 g/mol. The second-order valence-corrected chi connectivity index (χ2v) is 6.61. The first-order valence-electron chi connectivity index (χ1n) is 7.66. The van der Waals surface area contributed by atoms with Crippen LogP contribution in [0.25, 0.3) is 10.9 Å². The Hall–Kier alpha value is -2.69. The average molecular weight is 307 g/mol. The van der Waals surface area contributed by atoms with Gasteiger partial charge in [-0.2, -0.15) is 10.2 Å². The molecule has 0 radical (unpaired) electrons. The van der Waals surface area contributed by atoms with E-state index in [1.165, 1.54) is 0 Å². The van der Waals surface area contributed by atoms with Gasteiger partial charge in [0.1, 0.15) is 0 Å². The van der Waals surface area contributed by atoms with Crippen LogP contribution >= 0.6 is 0 Å². The fraction of sp³-hybridized carbons (Fsp3) is 0.278. The van der Waals surface area contributed by atoms with Crippen molar-refractivity contribution in [2.75, 3.05) is 5.43 Å². The van der Waals surface area contributed by atoms with Gasteiger partial charge in [0.05, 0.1) is 11.4 Å². The highest BCUT2D eigenvalue weighted by Crippen LogP contribution is 2.20. The van der Waals surface area contributed by atoms with Gasteiger partial charge >= 0.3 is 0 Å². The van der Waals surface area contributed by atoms with E-state index in [9.17, 15) is 0 Å². The Balaban J connectivity index is 1.79. The molecule has 3 rings (SSSR count). The lowest BCUT2D eigenvalue weighted by Crippen LogP contribution is -2.14. The summed E-state index contributed by atoms with van der Waals surface area (Å²) in [6, 6.07) is 12.1. The van der Waals surface area contributed by atoms with Crippen LogP contribution < -0.4 is 5.43 Å². The standard InChI is InChI=1S/C18H21N5/c1-12(14-11-19-15-8-6-5-7-13(14)15)20-22-17-10-9-16(21-23-17)18(2,3)4/h5-11,19H,1-4H3,(H,22,23)/b20-12+. The smallest absolute Gasteiger partial charge is 0.168 e. The molecule has 0 saturated heterocycles. The van der Waals surface area contributed by atoms with Crippen LogP contribution in [0.5, 0.6) is 0 Å². The van der Waals surface area contributed by atoms with Gasteiger partial charge in [0.25, 0.3) is 0 Å². The minimum atomic E-state index is -0.00520. The number of rotatable bonds is 3. The van der Waals surface area contributed by atoms with Gasteiger partial charge in [-0.3, -0.25) is 5.43 Å². The van der Waals surface area contributed by atoms with Crippen molar-refractivity contribution in [3.63, 3.8) is 0 Å². The van der Waals surface area contributed by atoms with Crippen LogP contribution in [0.15, 0.2) is 47.7 Å². The Bertz CT molecular complexity index is 838. The molecule has 2 N–H and O–H groups in total. The lowest BCUT2D eigenvalue weighted by Gasteiger charge is -2.16. The predicted octanol–water partition coefficient (Wildman–Crippen LogP) is 4.09. The largest absolute Gasteiger partial charge is 0.360 e. The minimum Gasteiger partial charge on any atom is -0.360 e. The zero-order valence-electron chi connectivity index (χ0n) is 13.9. The van der Waals surface area contributed by atoms with Crippen molar-refractivity contribution < 1.29 is 0 Å². The Morgan fingerprint density at radius 3 is 2.57 bits per heavy atom. The van der Waals surface area contributed by atoms with E-state index in [1.54, 1.807) is 0 Å². The summed E-state index contributed by atoms with van der Waals surface area (Å²) in [6.07, 6.45) is 1.97. The number of H-pyrrole nitrogens is 1. The van der Waals surface area contributed by atoms with Gasteiger partial charge in [0, 0.05) is 28.1 Å². The molecule has 1 aromatic carbocycles. The summed E-state index contributed by atoms with van der Waals surface area (Å²) in [5.41, 5.74) is 7.00. The first-order valence-corrected chi connectivity index (χ1v) is 7.66. The molecule has 3 aromatic rings. The summed E-state index contributed by atoms with van der Waals surface area (Å²) in [6.45, 7) is 8.32. The number of para-hydroxylation sites is 1. The predicted molar refractivity (Wildman–Crippen MR) is 94.9 cm³/mol. The number of nitrogens with one attached hydrogen (secondary N) is 2. The molecule has 2 heterocycles. The second-order valence-electron chi connectivity index (χ2n) is 6.61. The third-order valence-corrected chi connectivity index (χ3v) is 3.75. The van der Waals surface area contributed by atoms with Crippen molar-refractivity contribution in [2.45, 2.75) is 33.1 Å². The van der Waals surface area contributed by atoms with Gasteiger partial charge in [-0.05, 0) is 25.1 Å². The molecule has 0 aliphatic carbocycles. The van der Waals surface area contributed by atoms with Crippen LogP contribution in [0.3, 0.4) is 0 Å². The van der Waals surface area contributed by atoms with E-state index in [2.05, 4.69) is 58.6 Å². The number of hydrogen-bond donors (Lipinski definition) is 2. The number of fused-ring (bicyclic) bond motifs is 1. The van der Waals surface area contributed by atoms with Crippen LogP contribution in [-0.2, 0) is 5.41 Å². The Morgan fingerprint density at radius 2 is 1.87 bits per heavy atom. The maximum atomic E-state index is 4.42. The summed E-state index contributed by atoms with van der Waals surface area (Å²) < 4.78 is 0. The highest BCUT2D eigenvalue weighted by molar-refractivity contribution is 6.09. The normalized spacial score (nSPS) is 12.6. The van der Waals surface area contributed by atoms with Crippen LogP contribution in [-0.4, -0.2) is 20.9 Å². The van der Waals surface area contributed by atoms with Crippen LogP contribution in [0.4, 0.5) is 5.82 Å². The van der Waals surface area contributed by atoms with E-state index in [1.807, 2.05) is 37.4 Å². The Morgan fingerprint density at radius 1 is 1.09 bits per heavy atom. The van der Waals surface area contributed by atoms with Crippen molar-refractivity contribution in [3.05, 3.63) is 53.9 Å². The molecule has 0 unspecified atom stereocenters.